The van der Waals surface area contributed by atoms with Crippen molar-refractivity contribution in [1.82, 2.24) is 5.32 Å². The first-order valence-electron chi connectivity index (χ1n) is 6.68. The third-order valence-corrected chi connectivity index (χ3v) is 2.87. The Bertz CT molecular complexity index is 433. The minimum absolute atomic E-state index is 0.0532. The molecule has 1 aromatic rings. The molecule has 1 amide bonds. The van der Waals surface area contributed by atoms with Crippen molar-refractivity contribution in [2.45, 2.75) is 12.5 Å². The number of amides is 1. The van der Waals surface area contributed by atoms with Crippen molar-refractivity contribution in [1.29, 1.82) is 0 Å². The SMILES string of the molecule is Nc1cccc(OCCC(=O)NCC2COCCO2)c1. The van der Waals surface area contributed by atoms with E-state index in [0.29, 0.717) is 50.8 Å². The number of benzene rings is 1. The maximum absolute atomic E-state index is 11.6. The van der Waals surface area contributed by atoms with E-state index in [9.17, 15) is 4.79 Å². The first-order valence-corrected chi connectivity index (χ1v) is 6.68. The van der Waals surface area contributed by atoms with Gasteiger partial charge in [0.1, 0.15) is 5.75 Å². The van der Waals surface area contributed by atoms with Crippen LogP contribution in [0.2, 0.25) is 0 Å². The van der Waals surface area contributed by atoms with Crippen LogP contribution in [0.5, 0.6) is 5.75 Å². The second-order valence-electron chi connectivity index (χ2n) is 4.54. The number of carbonyl (C=O) groups is 1. The third-order valence-electron chi connectivity index (χ3n) is 2.87. The number of carbonyl (C=O) groups excluding carboxylic acids is 1. The van der Waals surface area contributed by atoms with Gasteiger partial charge in [-0.15, -0.1) is 0 Å². The maximum atomic E-state index is 11.6. The number of anilines is 1. The van der Waals surface area contributed by atoms with E-state index in [-0.39, 0.29) is 12.0 Å². The number of hydrogen-bond donors (Lipinski definition) is 2. The van der Waals surface area contributed by atoms with Gasteiger partial charge in [0.25, 0.3) is 0 Å². The summed E-state index contributed by atoms with van der Waals surface area (Å²) in [5.41, 5.74) is 6.28. The summed E-state index contributed by atoms with van der Waals surface area (Å²) >= 11 is 0. The molecule has 1 heterocycles. The van der Waals surface area contributed by atoms with Gasteiger partial charge in [-0.2, -0.15) is 0 Å². The van der Waals surface area contributed by atoms with Crippen molar-refractivity contribution in [3.05, 3.63) is 24.3 Å². The third kappa shape index (κ3) is 5.07. The summed E-state index contributed by atoms with van der Waals surface area (Å²) < 4.78 is 16.1. The first-order chi connectivity index (χ1) is 9.74. The maximum Gasteiger partial charge on any atom is 0.223 e. The molecule has 6 heteroatoms. The Hall–Kier alpha value is -1.79. The summed E-state index contributed by atoms with van der Waals surface area (Å²) in [6.45, 7) is 2.52. The van der Waals surface area contributed by atoms with E-state index in [1.165, 1.54) is 0 Å². The molecule has 3 N–H and O–H groups in total. The Morgan fingerprint density at radius 3 is 3.10 bits per heavy atom. The molecule has 110 valence electrons. The number of rotatable bonds is 6. The van der Waals surface area contributed by atoms with Gasteiger partial charge in [0.05, 0.1) is 39.0 Å². The smallest absolute Gasteiger partial charge is 0.223 e. The van der Waals surface area contributed by atoms with Crippen LogP contribution in [-0.4, -0.2) is 45.0 Å². The van der Waals surface area contributed by atoms with Crippen LogP contribution in [-0.2, 0) is 14.3 Å². The van der Waals surface area contributed by atoms with Crippen molar-refractivity contribution in [3.63, 3.8) is 0 Å². The predicted molar refractivity (Wildman–Crippen MR) is 74.5 cm³/mol. The van der Waals surface area contributed by atoms with Gasteiger partial charge in [-0.25, -0.2) is 0 Å². The van der Waals surface area contributed by atoms with Crippen molar-refractivity contribution >= 4 is 11.6 Å². The highest BCUT2D eigenvalue weighted by Gasteiger charge is 2.14. The number of ether oxygens (including phenoxy) is 3. The highest BCUT2D eigenvalue weighted by atomic mass is 16.6. The number of nitrogen functional groups attached to an aromatic ring is 1. The largest absolute Gasteiger partial charge is 0.493 e. The fourth-order valence-electron chi connectivity index (χ4n) is 1.84. The molecule has 20 heavy (non-hydrogen) atoms. The zero-order valence-electron chi connectivity index (χ0n) is 11.3. The molecular formula is C14H20N2O4. The molecule has 0 aromatic heterocycles. The van der Waals surface area contributed by atoms with E-state index in [0.717, 1.165) is 0 Å². The lowest BCUT2D eigenvalue weighted by Crippen LogP contribution is -2.40. The molecule has 0 saturated carbocycles. The highest BCUT2D eigenvalue weighted by Crippen LogP contribution is 2.14. The lowest BCUT2D eigenvalue weighted by molar-refractivity contribution is -0.124. The average Bonchev–Trinajstić information content (AvgIpc) is 2.46. The molecule has 1 fully saturated rings. The zero-order valence-corrected chi connectivity index (χ0v) is 11.3. The van der Waals surface area contributed by atoms with E-state index in [1.54, 1.807) is 12.1 Å². The Balaban J connectivity index is 1.60. The highest BCUT2D eigenvalue weighted by molar-refractivity contribution is 5.76. The van der Waals surface area contributed by atoms with E-state index >= 15 is 0 Å². The molecule has 0 aliphatic carbocycles. The summed E-state index contributed by atoms with van der Waals surface area (Å²) in [6, 6.07) is 7.13. The van der Waals surface area contributed by atoms with Crippen molar-refractivity contribution in [2.75, 3.05) is 38.7 Å². The monoisotopic (exact) mass is 280 g/mol. The summed E-state index contributed by atoms with van der Waals surface area (Å²) in [4.78, 5) is 11.6. The van der Waals surface area contributed by atoms with Crippen LogP contribution >= 0.6 is 0 Å². The van der Waals surface area contributed by atoms with Crippen LogP contribution in [0.4, 0.5) is 5.69 Å². The number of nitrogens with two attached hydrogens (primary N) is 1. The molecule has 0 radical (unpaired) electrons. The second-order valence-corrected chi connectivity index (χ2v) is 4.54. The topological polar surface area (TPSA) is 82.8 Å². The van der Waals surface area contributed by atoms with Gasteiger partial charge in [0.2, 0.25) is 5.91 Å². The number of nitrogens with one attached hydrogen (secondary N) is 1. The lowest BCUT2D eigenvalue weighted by atomic mass is 10.3. The molecule has 1 atom stereocenters. The fourth-order valence-corrected chi connectivity index (χ4v) is 1.84. The fraction of sp³-hybridized carbons (Fsp3) is 0.500. The van der Waals surface area contributed by atoms with Crippen molar-refractivity contribution < 1.29 is 19.0 Å². The van der Waals surface area contributed by atoms with Crippen molar-refractivity contribution in [2.24, 2.45) is 0 Å². The molecule has 0 bridgehead atoms. The Labute approximate surface area is 118 Å². The summed E-state index contributed by atoms with van der Waals surface area (Å²) in [5.74, 6) is 0.602. The number of hydrogen-bond acceptors (Lipinski definition) is 5. The van der Waals surface area contributed by atoms with Gasteiger partial charge in [-0.1, -0.05) is 6.07 Å². The molecular weight excluding hydrogens is 260 g/mol. The summed E-state index contributed by atoms with van der Waals surface area (Å²) in [7, 11) is 0. The van der Waals surface area contributed by atoms with Gasteiger partial charge < -0.3 is 25.3 Å². The van der Waals surface area contributed by atoms with Gasteiger partial charge in [-0.05, 0) is 12.1 Å². The van der Waals surface area contributed by atoms with Crippen LogP contribution in [0, 0.1) is 0 Å². The molecule has 1 aliphatic heterocycles. The first kappa shape index (κ1) is 14.6. The van der Waals surface area contributed by atoms with Crippen molar-refractivity contribution in [3.8, 4) is 5.75 Å². The zero-order chi connectivity index (χ0) is 14.2. The standard InChI is InChI=1S/C14H20N2O4/c15-11-2-1-3-12(8-11)19-5-4-14(17)16-9-13-10-18-6-7-20-13/h1-3,8,13H,4-7,9-10,15H2,(H,16,17). The molecule has 0 spiro atoms. The average molecular weight is 280 g/mol. The minimum atomic E-state index is -0.0666. The van der Waals surface area contributed by atoms with Gasteiger partial charge in [-0.3, -0.25) is 4.79 Å². The van der Waals surface area contributed by atoms with E-state index < -0.39 is 0 Å². The van der Waals surface area contributed by atoms with E-state index in [2.05, 4.69) is 5.32 Å². The molecule has 1 saturated heterocycles. The Morgan fingerprint density at radius 2 is 2.35 bits per heavy atom. The van der Waals surface area contributed by atoms with Crippen LogP contribution in [0.3, 0.4) is 0 Å². The minimum Gasteiger partial charge on any atom is -0.493 e. The summed E-state index contributed by atoms with van der Waals surface area (Å²) in [6.07, 6.45) is 0.241. The van der Waals surface area contributed by atoms with Crippen LogP contribution in [0.25, 0.3) is 0 Å². The normalized spacial score (nSPS) is 18.5. The quantitative estimate of drug-likeness (QED) is 0.744. The van der Waals surface area contributed by atoms with Gasteiger partial charge >= 0.3 is 0 Å². The van der Waals surface area contributed by atoms with Gasteiger partial charge in [0.15, 0.2) is 0 Å². The summed E-state index contributed by atoms with van der Waals surface area (Å²) in [5, 5.41) is 2.80. The Morgan fingerprint density at radius 1 is 1.45 bits per heavy atom. The molecule has 1 unspecified atom stereocenters. The molecule has 1 aliphatic rings. The van der Waals surface area contributed by atoms with Crippen LogP contribution < -0.4 is 15.8 Å². The van der Waals surface area contributed by atoms with Crippen LogP contribution in [0.1, 0.15) is 6.42 Å². The molecule has 6 nitrogen and oxygen atoms in total. The van der Waals surface area contributed by atoms with E-state index in [1.807, 2.05) is 12.1 Å². The predicted octanol–water partition coefficient (Wildman–Crippen LogP) is 0.569. The lowest BCUT2D eigenvalue weighted by Gasteiger charge is -2.23. The van der Waals surface area contributed by atoms with E-state index in [4.69, 9.17) is 19.9 Å². The second kappa shape index (κ2) is 7.72. The van der Waals surface area contributed by atoms with Gasteiger partial charge in [0, 0.05) is 18.3 Å². The Kier molecular flexibility index (Phi) is 5.64. The molecule has 2 rings (SSSR count). The van der Waals surface area contributed by atoms with Crippen LogP contribution in [0.15, 0.2) is 24.3 Å². The molecule has 1 aromatic carbocycles.